The molecule has 0 amide bonds. The molecule has 0 heterocycles. The second kappa shape index (κ2) is 5.46. The Labute approximate surface area is 99.9 Å². The van der Waals surface area contributed by atoms with Crippen LogP contribution < -0.4 is 0 Å². The van der Waals surface area contributed by atoms with Crippen LogP contribution in [0.5, 0.6) is 0 Å². The largest absolute Gasteiger partial charge is 0.373 e. The fourth-order valence-corrected chi connectivity index (χ4v) is 1.63. The Balaban J connectivity index is 2.26. The second-order valence-electron chi connectivity index (χ2n) is 3.72. The van der Waals surface area contributed by atoms with E-state index in [-0.39, 0.29) is 0 Å². The van der Waals surface area contributed by atoms with Crippen LogP contribution in [0.25, 0.3) is 10.8 Å². The molecule has 0 aliphatic heterocycles. The second-order valence-corrected chi connectivity index (χ2v) is 3.72. The van der Waals surface area contributed by atoms with E-state index in [2.05, 4.69) is 0 Å². The maximum Gasteiger partial charge on any atom is 0.373 e. The monoisotopic (exact) mass is 230 g/mol. The van der Waals surface area contributed by atoms with Gasteiger partial charge in [-0.2, -0.15) is 4.89 Å². The molecule has 0 aromatic heterocycles. The molecule has 3 nitrogen and oxygen atoms in total. The number of hydrogen-bond acceptors (Lipinski definition) is 3. The molecule has 0 radical (unpaired) electrons. The SMILES string of the molecule is CCCOOC(=O)c1cccc2ccccc12. The minimum Gasteiger partial charge on any atom is -0.293 e. The highest BCUT2D eigenvalue weighted by Crippen LogP contribution is 2.19. The van der Waals surface area contributed by atoms with Gasteiger partial charge in [0.15, 0.2) is 0 Å². The zero-order valence-electron chi connectivity index (χ0n) is 9.68. The normalized spacial score (nSPS) is 10.4. The molecular formula is C14H14O3. The number of fused-ring (bicyclic) bond motifs is 1. The maximum atomic E-state index is 11.8. The molecule has 2 rings (SSSR count). The van der Waals surface area contributed by atoms with Crippen molar-refractivity contribution in [3.63, 3.8) is 0 Å². The average Bonchev–Trinajstić information content (AvgIpc) is 2.38. The first-order valence-corrected chi connectivity index (χ1v) is 5.64. The minimum absolute atomic E-state index is 0.413. The van der Waals surface area contributed by atoms with Gasteiger partial charge in [-0.3, -0.25) is 4.89 Å². The van der Waals surface area contributed by atoms with Crippen LogP contribution in [0.3, 0.4) is 0 Å². The van der Waals surface area contributed by atoms with Gasteiger partial charge in [-0.1, -0.05) is 43.3 Å². The van der Waals surface area contributed by atoms with Crippen LogP contribution in [-0.4, -0.2) is 12.6 Å². The fourth-order valence-electron chi connectivity index (χ4n) is 1.63. The van der Waals surface area contributed by atoms with Crippen LogP contribution in [0, 0.1) is 0 Å². The van der Waals surface area contributed by atoms with E-state index >= 15 is 0 Å². The predicted octanol–water partition coefficient (Wildman–Crippen LogP) is 3.34. The molecule has 0 aliphatic carbocycles. The highest BCUT2D eigenvalue weighted by atomic mass is 17.2. The van der Waals surface area contributed by atoms with Crippen molar-refractivity contribution in [2.24, 2.45) is 0 Å². The third-order valence-corrected chi connectivity index (χ3v) is 2.43. The lowest BCUT2D eigenvalue weighted by atomic mass is 10.1. The molecule has 2 aromatic carbocycles. The van der Waals surface area contributed by atoms with Crippen LogP contribution in [-0.2, 0) is 9.78 Å². The summed E-state index contributed by atoms with van der Waals surface area (Å²) < 4.78 is 0. The van der Waals surface area contributed by atoms with Gasteiger partial charge in [-0.15, -0.1) is 0 Å². The Morgan fingerprint density at radius 3 is 2.71 bits per heavy atom. The Kier molecular flexibility index (Phi) is 3.73. The lowest BCUT2D eigenvalue weighted by Crippen LogP contribution is -2.07. The molecule has 0 N–H and O–H groups in total. The highest BCUT2D eigenvalue weighted by Gasteiger charge is 2.11. The standard InChI is InChI=1S/C14H14O3/c1-2-10-16-17-14(15)13-9-5-7-11-6-3-4-8-12(11)13/h3-9H,2,10H2,1H3. The molecule has 0 saturated carbocycles. The van der Waals surface area contributed by atoms with Crippen molar-refractivity contribution >= 4 is 16.7 Å². The third kappa shape index (κ3) is 2.63. The molecule has 0 saturated heterocycles. The Morgan fingerprint density at radius 1 is 1.12 bits per heavy atom. The van der Waals surface area contributed by atoms with Gasteiger partial charge in [0.05, 0.1) is 12.2 Å². The van der Waals surface area contributed by atoms with E-state index in [1.807, 2.05) is 43.3 Å². The number of hydrogen-bond donors (Lipinski definition) is 0. The molecule has 0 atom stereocenters. The van der Waals surface area contributed by atoms with E-state index < -0.39 is 5.97 Å². The molecule has 0 spiro atoms. The zero-order chi connectivity index (χ0) is 12.1. The molecule has 2 aromatic rings. The van der Waals surface area contributed by atoms with Gasteiger partial charge >= 0.3 is 5.97 Å². The minimum atomic E-state index is -0.449. The third-order valence-electron chi connectivity index (χ3n) is 2.43. The smallest absolute Gasteiger partial charge is 0.293 e. The summed E-state index contributed by atoms with van der Waals surface area (Å²) >= 11 is 0. The maximum absolute atomic E-state index is 11.8. The van der Waals surface area contributed by atoms with Crippen LogP contribution in [0.2, 0.25) is 0 Å². The van der Waals surface area contributed by atoms with E-state index in [9.17, 15) is 4.79 Å². The molecular weight excluding hydrogens is 216 g/mol. The van der Waals surface area contributed by atoms with Crippen molar-refractivity contribution < 1.29 is 14.6 Å². The first kappa shape index (κ1) is 11.6. The fraction of sp³-hybridized carbons (Fsp3) is 0.214. The molecule has 88 valence electrons. The van der Waals surface area contributed by atoms with E-state index in [4.69, 9.17) is 9.78 Å². The Morgan fingerprint density at radius 2 is 1.88 bits per heavy atom. The number of benzene rings is 2. The number of rotatable bonds is 4. The van der Waals surface area contributed by atoms with E-state index in [1.54, 1.807) is 6.07 Å². The van der Waals surface area contributed by atoms with Crippen molar-refractivity contribution in [2.75, 3.05) is 6.61 Å². The van der Waals surface area contributed by atoms with Gasteiger partial charge < -0.3 is 0 Å². The topological polar surface area (TPSA) is 35.5 Å². The molecule has 17 heavy (non-hydrogen) atoms. The van der Waals surface area contributed by atoms with Crippen LogP contribution in [0.15, 0.2) is 42.5 Å². The number of carbonyl (C=O) groups excluding carboxylic acids is 1. The average molecular weight is 230 g/mol. The number of carbonyl (C=O) groups is 1. The quantitative estimate of drug-likeness (QED) is 0.459. The molecule has 3 heteroatoms. The first-order valence-electron chi connectivity index (χ1n) is 5.64. The lowest BCUT2D eigenvalue weighted by molar-refractivity contribution is -0.240. The lowest BCUT2D eigenvalue weighted by Gasteiger charge is -2.05. The van der Waals surface area contributed by atoms with Gasteiger partial charge in [0.25, 0.3) is 0 Å². The van der Waals surface area contributed by atoms with E-state index in [0.717, 1.165) is 17.2 Å². The van der Waals surface area contributed by atoms with Gasteiger partial charge in [0, 0.05) is 0 Å². The van der Waals surface area contributed by atoms with Crippen LogP contribution >= 0.6 is 0 Å². The van der Waals surface area contributed by atoms with Crippen molar-refractivity contribution in [3.05, 3.63) is 48.0 Å². The van der Waals surface area contributed by atoms with Crippen molar-refractivity contribution in [3.8, 4) is 0 Å². The van der Waals surface area contributed by atoms with Crippen molar-refractivity contribution in [1.29, 1.82) is 0 Å². The summed E-state index contributed by atoms with van der Waals surface area (Å²) in [6.45, 7) is 2.36. The van der Waals surface area contributed by atoms with Gasteiger partial charge in [-0.25, -0.2) is 4.79 Å². The summed E-state index contributed by atoms with van der Waals surface area (Å²) in [5.74, 6) is -0.449. The zero-order valence-corrected chi connectivity index (χ0v) is 9.68. The molecule has 0 bridgehead atoms. The van der Waals surface area contributed by atoms with Gasteiger partial charge in [-0.05, 0) is 23.3 Å². The summed E-state index contributed by atoms with van der Waals surface area (Å²) in [5, 5.41) is 1.89. The van der Waals surface area contributed by atoms with Crippen molar-refractivity contribution in [2.45, 2.75) is 13.3 Å². The Hall–Kier alpha value is -1.87. The van der Waals surface area contributed by atoms with Crippen molar-refractivity contribution in [1.82, 2.24) is 0 Å². The van der Waals surface area contributed by atoms with Crippen LogP contribution in [0.1, 0.15) is 23.7 Å². The summed E-state index contributed by atoms with van der Waals surface area (Å²) in [5.41, 5.74) is 0.527. The summed E-state index contributed by atoms with van der Waals surface area (Å²) in [7, 11) is 0. The van der Waals surface area contributed by atoms with E-state index in [1.165, 1.54) is 0 Å². The summed E-state index contributed by atoms with van der Waals surface area (Å²) in [6.07, 6.45) is 0.808. The summed E-state index contributed by atoms with van der Waals surface area (Å²) in [4.78, 5) is 21.3. The molecule has 0 fully saturated rings. The Bertz CT molecular complexity index is 514. The van der Waals surface area contributed by atoms with Gasteiger partial charge in [0.1, 0.15) is 0 Å². The first-order chi connectivity index (χ1) is 8.33. The van der Waals surface area contributed by atoms with Crippen LogP contribution in [0.4, 0.5) is 0 Å². The molecule has 0 unspecified atom stereocenters. The highest BCUT2D eigenvalue weighted by molar-refractivity contribution is 6.04. The molecule has 0 aliphatic rings. The predicted molar refractivity (Wildman–Crippen MR) is 65.6 cm³/mol. The summed E-state index contributed by atoms with van der Waals surface area (Å²) in [6, 6.07) is 13.2. The van der Waals surface area contributed by atoms with Gasteiger partial charge in [0.2, 0.25) is 0 Å². The van der Waals surface area contributed by atoms with E-state index in [0.29, 0.717) is 12.2 Å².